The second-order valence-electron chi connectivity index (χ2n) is 7.67. The molecule has 4 rings (SSSR count). The Morgan fingerprint density at radius 1 is 1.00 bits per heavy atom. The Kier molecular flexibility index (Phi) is 6.32. The van der Waals surface area contributed by atoms with Crippen LogP contribution in [0.25, 0.3) is 0 Å². The van der Waals surface area contributed by atoms with Crippen molar-refractivity contribution in [3.05, 3.63) is 58.1 Å². The summed E-state index contributed by atoms with van der Waals surface area (Å²) in [4.78, 5) is 2.65. The zero-order chi connectivity index (χ0) is 19.5. The Hall–Kier alpha value is -1.46. The summed E-state index contributed by atoms with van der Waals surface area (Å²) in [5, 5.41) is 5.59. The van der Waals surface area contributed by atoms with Crippen LogP contribution >= 0.6 is 23.2 Å². The lowest BCUT2D eigenvalue weighted by Gasteiger charge is -2.45. The van der Waals surface area contributed by atoms with Crippen molar-refractivity contribution in [2.24, 2.45) is 0 Å². The third-order valence-electron chi connectivity index (χ3n) is 5.79. The monoisotopic (exact) mass is 418 g/mol. The number of nitrogens with two attached hydrogens (primary N) is 1. The van der Waals surface area contributed by atoms with Crippen LogP contribution in [0.1, 0.15) is 37.3 Å². The summed E-state index contributed by atoms with van der Waals surface area (Å²) in [5.74, 6) is 0.774. The van der Waals surface area contributed by atoms with Crippen LogP contribution in [-0.2, 0) is 0 Å². The van der Waals surface area contributed by atoms with Crippen molar-refractivity contribution < 1.29 is 4.74 Å². The first kappa shape index (κ1) is 19.8. The molecule has 149 valence electrons. The number of nitrogens with zero attached hydrogens (tertiary/aromatic N) is 2. The zero-order valence-electron chi connectivity index (χ0n) is 15.9. The average Bonchev–Trinajstić information content (AvgIpc) is 2.71. The largest absolute Gasteiger partial charge is 0.490 e. The molecule has 0 spiro atoms. The van der Waals surface area contributed by atoms with E-state index in [0.717, 1.165) is 56.8 Å². The van der Waals surface area contributed by atoms with Gasteiger partial charge in [0.05, 0.1) is 10.0 Å². The normalized spacial score (nSPS) is 24.2. The first-order valence-electron chi connectivity index (χ1n) is 9.96. The Labute approximate surface area is 176 Å². The molecule has 0 saturated carbocycles. The number of ether oxygens (including phenoxy) is 1. The molecular formula is C22H26Cl2N3O. The lowest BCUT2D eigenvalue weighted by atomic mass is 9.89. The maximum Gasteiger partial charge on any atom is 0.121 e. The van der Waals surface area contributed by atoms with Gasteiger partial charge in [-0.25, -0.2) is 5.32 Å². The third-order valence-corrected chi connectivity index (χ3v) is 6.53. The standard InChI is InChI=1S/C22H26Cl2N3O/c23-20-5-4-18(13-21(20)24)28-19-8-11-27(17-6-9-26-10-7-17)22(14-19)15-2-1-3-16(25)12-15/h1-5,12-13,17,19,22H,6-11,14,25H2. The second-order valence-corrected chi connectivity index (χ2v) is 8.48. The molecule has 2 N–H and O–H groups in total. The van der Waals surface area contributed by atoms with E-state index in [2.05, 4.69) is 22.3 Å². The number of anilines is 1. The highest BCUT2D eigenvalue weighted by molar-refractivity contribution is 6.42. The molecule has 2 aromatic carbocycles. The molecule has 2 saturated heterocycles. The van der Waals surface area contributed by atoms with Crippen LogP contribution in [0.4, 0.5) is 5.69 Å². The molecule has 2 heterocycles. The number of hydrogen-bond donors (Lipinski definition) is 1. The molecule has 0 bridgehead atoms. The first-order valence-corrected chi connectivity index (χ1v) is 10.7. The molecule has 4 nitrogen and oxygen atoms in total. The van der Waals surface area contributed by atoms with Crippen molar-refractivity contribution in [1.29, 1.82) is 0 Å². The second kappa shape index (κ2) is 8.91. The van der Waals surface area contributed by atoms with E-state index in [1.165, 1.54) is 5.56 Å². The van der Waals surface area contributed by atoms with Crippen molar-refractivity contribution >= 4 is 28.9 Å². The van der Waals surface area contributed by atoms with Crippen LogP contribution in [0.15, 0.2) is 42.5 Å². The number of nitrogen functional groups attached to an aromatic ring is 1. The van der Waals surface area contributed by atoms with Gasteiger partial charge in [-0.3, -0.25) is 4.90 Å². The fourth-order valence-electron chi connectivity index (χ4n) is 4.40. The molecule has 1 radical (unpaired) electrons. The number of benzene rings is 2. The molecule has 2 aliphatic rings. The third kappa shape index (κ3) is 4.57. The average molecular weight is 419 g/mol. The Morgan fingerprint density at radius 3 is 2.57 bits per heavy atom. The predicted octanol–water partition coefficient (Wildman–Crippen LogP) is 4.93. The van der Waals surface area contributed by atoms with E-state index in [-0.39, 0.29) is 6.10 Å². The van der Waals surface area contributed by atoms with Gasteiger partial charge in [-0.15, -0.1) is 0 Å². The van der Waals surface area contributed by atoms with E-state index in [9.17, 15) is 0 Å². The van der Waals surface area contributed by atoms with E-state index < -0.39 is 0 Å². The van der Waals surface area contributed by atoms with E-state index in [0.29, 0.717) is 22.1 Å². The summed E-state index contributed by atoms with van der Waals surface area (Å²) in [5.41, 5.74) is 8.16. The fraction of sp³-hybridized carbons (Fsp3) is 0.455. The molecule has 2 atom stereocenters. The van der Waals surface area contributed by atoms with E-state index in [1.54, 1.807) is 12.1 Å². The van der Waals surface area contributed by atoms with Crippen LogP contribution in [0.3, 0.4) is 0 Å². The number of piperidine rings is 2. The van der Waals surface area contributed by atoms with Gasteiger partial charge in [0.1, 0.15) is 11.9 Å². The maximum atomic E-state index is 6.29. The van der Waals surface area contributed by atoms with Gasteiger partial charge >= 0.3 is 0 Å². The summed E-state index contributed by atoms with van der Waals surface area (Å²) in [6.07, 6.45) is 4.33. The number of rotatable bonds is 4. The highest BCUT2D eigenvalue weighted by Gasteiger charge is 2.35. The van der Waals surface area contributed by atoms with Crippen LogP contribution < -0.4 is 15.8 Å². The summed E-state index contributed by atoms with van der Waals surface area (Å²) >= 11 is 12.2. The molecule has 0 aromatic heterocycles. The molecule has 2 aromatic rings. The molecule has 0 amide bonds. The van der Waals surface area contributed by atoms with E-state index in [1.807, 2.05) is 18.2 Å². The molecular weight excluding hydrogens is 393 g/mol. The summed E-state index contributed by atoms with van der Waals surface area (Å²) in [6.45, 7) is 2.94. The van der Waals surface area contributed by atoms with Crippen LogP contribution in [-0.4, -0.2) is 36.7 Å². The van der Waals surface area contributed by atoms with Crippen LogP contribution in [0, 0.1) is 0 Å². The van der Waals surface area contributed by atoms with E-state index in [4.69, 9.17) is 33.7 Å². The van der Waals surface area contributed by atoms with Crippen molar-refractivity contribution in [2.45, 2.75) is 43.9 Å². The van der Waals surface area contributed by atoms with Gasteiger partial charge in [0, 0.05) is 49.9 Å². The SMILES string of the molecule is Nc1cccc(C2CC(Oc3ccc(Cl)c(Cl)c3)CCN2C2CC[N]CC2)c1. The Balaban J connectivity index is 1.54. The molecule has 2 fully saturated rings. The van der Waals surface area contributed by atoms with Crippen molar-refractivity contribution in [3.63, 3.8) is 0 Å². The minimum Gasteiger partial charge on any atom is -0.490 e. The van der Waals surface area contributed by atoms with E-state index >= 15 is 0 Å². The Morgan fingerprint density at radius 2 is 1.82 bits per heavy atom. The molecule has 2 unspecified atom stereocenters. The van der Waals surface area contributed by atoms with Crippen molar-refractivity contribution in [1.82, 2.24) is 10.2 Å². The molecule has 6 heteroatoms. The quantitative estimate of drug-likeness (QED) is 0.716. The lowest BCUT2D eigenvalue weighted by molar-refractivity contribution is 0.0182. The van der Waals surface area contributed by atoms with Gasteiger partial charge in [-0.2, -0.15) is 0 Å². The smallest absolute Gasteiger partial charge is 0.121 e. The van der Waals surface area contributed by atoms with Crippen LogP contribution in [0.5, 0.6) is 5.75 Å². The minimum absolute atomic E-state index is 0.133. The van der Waals surface area contributed by atoms with Gasteiger partial charge in [0.25, 0.3) is 0 Å². The maximum absolute atomic E-state index is 6.29. The Bertz CT molecular complexity index is 810. The highest BCUT2D eigenvalue weighted by Crippen LogP contribution is 2.37. The fourth-order valence-corrected chi connectivity index (χ4v) is 4.69. The molecule has 0 aliphatic carbocycles. The van der Waals surface area contributed by atoms with Gasteiger partial charge < -0.3 is 10.5 Å². The number of likely N-dealkylation sites (tertiary alicyclic amines) is 1. The summed E-state index contributed by atoms with van der Waals surface area (Å²) in [6, 6.07) is 14.6. The molecule has 28 heavy (non-hydrogen) atoms. The predicted molar refractivity (Wildman–Crippen MR) is 115 cm³/mol. The highest BCUT2D eigenvalue weighted by atomic mass is 35.5. The first-order chi connectivity index (χ1) is 13.6. The number of hydrogen-bond acceptors (Lipinski definition) is 3. The van der Waals surface area contributed by atoms with Gasteiger partial charge in [0.15, 0.2) is 0 Å². The summed E-state index contributed by atoms with van der Waals surface area (Å²) < 4.78 is 6.29. The van der Waals surface area contributed by atoms with Gasteiger partial charge in [-0.05, 0) is 49.1 Å². The van der Waals surface area contributed by atoms with Gasteiger partial charge in [0.2, 0.25) is 0 Å². The van der Waals surface area contributed by atoms with Gasteiger partial charge in [-0.1, -0.05) is 35.3 Å². The minimum atomic E-state index is 0.133. The van der Waals surface area contributed by atoms with Crippen molar-refractivity contribution in [3.8, 4) is 5.75 Å². The van der Waals surface area contributed by atoms with Crippen LogP contribution in [0.2, 0.25) is 10.0 Å². The summed E-state index contributed by atoms with van der Waals surface area (Å²) in [7, 11) is 0. The lowest BCUT2D eigenvalue weighted by Crippen LogP contribution is -2.48. The van der Waals surface area contributed by atoms with Crippen molar-refractivity contribution in [2.75, 3.05) is 25.4 Å². The number of halogens is 2. The molecule has 2 aliphatic heterocycles. The topological polar surface area (TPSA) is 52.6 Å². The zero-order valence-corrected chi connectivity index (χ0v) is 17.4.